The maximum atomic E-state index is 13.2. The first-order valence-electron chi connectivity index (χ1n) is 12.1. The average Bonchev–Trinajstić information content (AvgIpc) is 3.47. The van der Waals surface area contributed by atoms with Crippen molar-refractivity contribution in [3.63, 3.8) is 0 Å². The Morgan fingerprint density at radius 2 is 1.85 bits per heavy atom. The molecule has 0 radical (unpaired) electrons. The highest BCUT2D eigenvalue weighted by molar-refractivity contribution is 5.94. The van der Waals surface area contributed by atoms with Gasteiger partial charge in [-0.1, -0.05) is 12.1 Å². The minimum absolute atomic E-state index is 0.0209. The van der Waals surface area contributed by atoms with Gasteiger partial charge in [-0.2, -0.15) is 18.3 Å². The second-order valence-electron chi connectivity index (χ2n) is 9.94. The van der Waals surface area contributed by atoms with E-state index >= 15 is 0 Å². The summed E-state index contributed by atoms with van der Waals surface area (Å²) in [5, 5.41) is 15.8. The predicted octanol–water partition coefficient (Wildman–Crippen LogP) is 3.52. The number of carbonyl (C=O) groups excluding carboxylic acids is 1. The van der Waals surface area contributed by atoms with Gasteiger partial charge in [0.15, 0.2) is 5.69 Å². The summed E-state index contributed by atoms with van der Waals surface area (Å²) in [6.07, 6.45) is 0.907. The Labute approximate surface area is 197 Å². The number of aromatic nitrogens is 2. The van der Waals surface area contributed by atoms with Crippen LogP contribution < -0.4 is 0 Å². The molecule has 5 rings (SSSR count). The number of aliphatic hydroxyl groups is 1. The van der Waals surface area contributed by atoms with Crippen LogP contribution in [0.4, 0.5) is 13.2 Å². The number of benzene rings is 1. The fraction of sp³-hybridized carbons (Fsp3) is 0.600. The molecule has 0 saturated carbocycles. The third kappa shape index (κ3) is 4.24. The monoisotopic (exact) mass is 476 g/mol. The standard InChI is InChI=1S/C25H31F3N4O2/c1-30-21-8-7-19(16-20(21)22(29-30)23(33)32-11-2-3-12-32)31-13-9-24(34,10-14-31)17-5-4-6-18(15-17)25(26,27)28/h4-6,15,19,34H,2-3,7-14,16H2,1H3/t19-/m1/s1. The Morgan fingerprint density at radius 1 is 1.15 bits per heavy atom. The van der Waals surface area contributed by atoms with Crippen LogP contribution in [-0.4, -0.2) is 62.8 Å². The van der Waals surface area contributed by atoms with Crippen molar-refractivity contribution in [2.75, 3.05) is 26.2 Å². The predicted molar refractivity (Wildman–Crippen MR) is 120 cm³/mol. The molecule has 3 aliphatic rings. The lowest BCUT2D eigenvalue weighted by atomic mass is 9.82. The number of alkyl halides is 3. The number of carbonyl (C=O) groups is 1. The van der Waals surface area contributed by atoms with Gasteiger partial charge in [-0.25, -0.2) is 0 Å². The molecule has 0 spiro atoms. The van der Waals surface area contributed by atoms with E-state index in [1.165, 1.54) is 6.07 Å². The van der Waals surface area contributed by atoms with Gasteiger partial charge in [-0.05, 0) is 62.6 Å². The SMILES string of the molecule is Cn1nc(C(=O)N2CCCC2)c2c1CC[C@@H](N1CCC(O)(c3cccc(C(F)(F)F)c3)CC1)C2. The number of halogens is 3. The summed E-state index contributed by atoms with van der Waals surface area (Å²) in [5.41, 5.74) is 1.07. The molecular formula is C25H31F3N4O2. The Hall–Kier alpha value is -2.39. The van der Waals surface area contributed by atoms with Crippen LogP contribution in [-0.2, 0) is 31.7 Å². The summed E-state index contributed by atoms with van der Waals surface area (Å²) in [7, 11) is 1.90. The van der Waals surface area contributed by atoms with Gasteiger partial charge in [0.25, 0.3) is 5.91 Å². The van der Waals surface area contributed by atoms with Crippen molar-refractivity contribution in [3.05, 3.63) is 52.3 Å². The molecule has 1 atom stereocenters. The minimum atomic E-state index is -4.43. The Kier molecular flexibility index (Phi) is 5.96. The number of hydrogen-bond acceptors (Lipinski definition) is 4. The van der Waals surface area contributed by atoms with E-state index in [0.29, 0.717) is 37.2 Å². The third-order valence-electron chi connectivity index (χ3n) is 7.89. The van der Waals surface area contributed by atoms with E-state index in [1.807, 2.05) is 16.6 Å². The fourth-order valence-corrected chi connectivity index (χ4v) is 5.86. The molecule has 2 saturated heterocycles. The third-order valence-corrected chi connectivity index (χ3v) is 7.89. The smallest absolute Gasteiger partial charge is 0.385 e. The topological polar surface area (TPSA) is 61.6 Å². The van der Waals surface area contributed by atoms with Crippen molar-refractivity contribution in [3.8, 4) is 0 Å². The van der Waals surface area contributed by atoms with Crippen molar-refractivity contribution in [2.24, 2.45) is 7.05 Å². The summed E-state index contributed by atoms with van der Waals surface area (Å²) in [6, 6.07) is 5.30. The van der Waals surface area contributed by atoms with Gasteiger partial charge in [0, 0.05) is 50.5 Å². The van der Waals surface area contributed by atoms with Gasteiger partial charge in [0.1, 0.15) is 0 Å². The fourth-order valence-electron chi connectivity index (χ4n) is 5.86. The van der Waals surface area contributed by atoms with Gasteiger partial charge >= 0.3 is 6.18 Å². The normalized spacial score (nSPS) is 23.2. The van der Waals surface area contributed by atoms with E-state index in [-0.39, 0.29) is 11.9 Å². The van der Waals surface area contributed by atoms with Crippen LogP contribution in [0.25, 0.3) is 0 Å². The molecule has 3 heterocycles. The molecule has 1 amide bonds. The first-order valence-corrected chi connectivity index (χ1v) is 12.1. The maximum absolute atomic E-state index is 13.2. The maximum Gasteiger partial charge on any atom is 0.416 e. The van der Waals surface area contributed by atoms with Crippen molar-refractivity contribution in [1.29, 1.82) is 0 Å². The Morgan fingerprint density at radius 3 is 2.53 bits per heavy atom. The van der Waals surface area contributed by atoms with E-state index in [2.05, 4.69) is 10.00 Å². The second kappa shape index (κ2) is 8.68. The van der Waals surface area contributed by atoms with Crippen LogP contribution in [0, 0.1) is 0 Å². The van der Waals surface area contributed by atoms with Crippen molar-refractivity contribution < 1.29 is 23.1 Å². The summed E-state index contributed by atoms with van der Waals surface area (Å²) in [4.78, 5) is 17.3. The van der Waals surface area contributed by atoms with Gasteiger partial charge in [0.05, 0.1) is 11.2 Å². The number of aryl methyl sites for hydroxylation is 1. The zero-order valence-electron chi connectivity index (χ0n) is 19.4. The summed E-state index contributed by atoms with van der Waals surface area (Å²) >= 11 is 0. The van der Waals surface area contributed by atoms with E-state index in [0.717, 1.165) is 68.6 Å². The van der Waals surface area contributed by atoms with Crippen LogP contribution in [0.1, 0.15) is 65.0 Å². The molecule has 0 bridgehead atoms. The second-order valence-corrected chi connectivity index (χ2v) is 9.94. The van der Waals surface area contributed by atoms with Crippen molar-refractivity contribution in [1.82, 2.24) is 19.6 Å². The van der Waals surface area contributed by atoms with Crippen molar-refractivity contribution >= 4 is 5.91 Å². The lowest BCUT2D eigenvalue weighted by Gasteiger charge is -2.43. The molecule has 1 aromatic carbocycles. The molecule has 2 aliphatic heterocycles. The molecular weight excluding hydrogens is 445 g/mol. The molecule has 2 fully saturated rings. The zero-order valence-corrected chi connectivity index (χ0v) is 19.4. The van der Waals surface area contributed by atoms with E-state index in [4.69, 9.17) is 0 Å². The van der Waals surface area contributed by atoms with E-state index < -0.39 is 17.3 Å². The van der Waals surface area contributed by atoms with Gasteiger partial charge in [-0.15, -0.1) is 0 Å². The lowest BCUT2D eigenvalue weighted by Crippen LogP contribution is -2.48. The van der Waals surface area contributed by atoms with E-state index in [9.17, 15) is 23.1 Å². The van der Waals surface area contributed by atoms with Crippen LogP contribution in [0.2, 0.25) is 0 Å². The molecule has 1 aliphatic carbocycles. The largest absolute Gasteiger partial charge is 0.416 e. The quantitative estimate of drug-likeness (QED) is 0.737. The lowest BCUT2D eigenvalue weighted by molar-refractivity contribution is -0.137. The minimum Gasteiger partial charge on any atom is -0.385 e. The number of hydrogen-bond donors (Lipinski definition) is 1. The summed E-state index contributed by atoms with van der Waals surface area (Å²) in [5.74, 6) is 0.0209. The van der Waals surface area contributed by atoms with Gasteiger partial charge in [-0.3, -0.25) is 14.4 Å². The first kappa shape index (κ1) is 23.4. The molecule has 6 nitrogen and oxygen atoms in total. The number of piperidine rings is 1. The molecule has 184 valence electrons. The molecule has 34 heavy (non-hydrogen) atoms. The summed E-state index contributed by atoms with van der Waals surface area (Å²) in [6.45, 7) is 2.77. The molecule has 0 unspecified atom stereocenters. The first-order chi connectivity index (χ1) is 16.2. The van der Waals surface area contributed by atoms with Crippen LogP contribution in [0.5, 0.6) is 0 Å². The van der Waals surface area contributed by atoms with Gasteiger partial charge < -0.3 is 10.0 Å². The average molecular weight is 477 g/mol. The highest BCUT2D eigenvalue weighted by Crippen LogP contribution is 2.38. The molecule has 1 N–H and O–H groups in total. The van der Waals surface area contributed by atoms with Crippen molar-refractivity contribution in [2.45, 2.75) is 62.8 Å². The van der Waals surface area contributed by atoms with Crippen LogP contribution >= 0.6 is 0 Å². The van der Waals surface area contributed by atoms with Crippen LogP contribution in [0.15, 0.2) is 24.3 Å². The number of amides is 1. The molecule has 2 aromatic rings. The zero-order chi connectivity index (χ0) is 24.1. The van der Waals surface area contributed by atoms with E-state index in [1.54, 1.807) is 6.07 Å². The van der Waals surface area contributed by atoms with Gasteiger partial charge in [0.2, 0.25) is 0 Å². The highest BCUT2D eigenvalue weighted by atomic mass is 19.4. The number of fused-ring (bicyclic) bond motifs is 1. The molecule has 1 aromatic heterocycles. The van der Waals surface area contributed by atoms with Crippen LogP contribution in [0.3, 0.4) is 0 Å². The summed E-state index contributed by atoms with van der Waals surface area (Å²) < 4.78 is 41.3. The highest BCUT2D eigenvalue weighted by Gasteiger charge is 2.40. The number of likely N-dealkylation sites (tertiary alicyclic amines) is 2. The molecule has 9 heteroatoms. The number of nitrogens with zero attached hydrogens (tertiary/aromatic N) is 4. The Balaban J connectivity index is 1.29. The Bertz CT molecular complexity index is 1070. The number of rotatable bonds is 3.